The van der Waals surface area contributed by atoms with Gasteiger partial charge in [-0.3, -0.25) is 9.89 Å². The highest BCUT2D eigenvalue weighted by Crippen LogP contribution is 2.21. The third-order valence-electron chi connectivity index (χ3n) is 3.10. The summed E-state index contributed by atoms with van der Waals surface area (Å²) in [6.07, 6.45) is -4.17. The minimum Gasteiger partial charge on any atom is -0.355 e. The predicted molar refractivity (Wildman–Crippen MR) is 110 cm³/mol. The number of hydrogen-bond acceptors (Lipinski definition) is 3. The molecule has 1 aromatic rings. The highest BCUT2D eigenvalue weighted by molar-refractivity contribution is 14.0. The summed E-state index contributed by atoms with van der Waals surface area (Å²) in [4.78, 5) is 6.51. The quantitative estimate of drug-likeness (QED) is 0.254. The average Bonchev–Trinajstić information content (AvgIpc) is 2.50. The Morgan fingerprint density at radius 3 is 2.44 bits per heavy atom. The van der Waals surface area contributed by atoms with Gasteiger partial charge < -0.3 is 10.6 Å². The number of thioether (sulfide) groups is 1. The van der Waals surface area contributed by atoms with Crippen LogP contribution in [0.2, 0.25) is 0 Å². The van der Waals surface area contributed by atoms with Gasteiger partial charge in [0.05, 0.1) is 6.54 Å². The fraction of sp³-hybridized carbons (Fsp3) is 0.562. The van der Waals surface area contributed by atoms with E-state index in [1.165, 1.54) is 16.8 Å². The van der Waals surface area contributed by atoms with Crippen molar-refractivity contribution in [3.05, 3.63) is 30.3 Å². The van der Waals surface area contributed by atoms with E-state index in [4.69, 9.17) is 0 Å². The molecule has 0 bridgehead atoms. The van der Waals surface area contributed by atoms with Crippen molar-refractivity contribution in [2.45, 2.75) is 23.2 Å². The topological polar surface area (TPSA) is 39.7 Å². The van der Waals surface area contributed by atoms with Crippen LogP contribution in [0.3, 0.4) is 0 Å². The Bertz CT molecular complexity index is 500. The number of halogens is 4. The number of aliphatic imine (C=N–C) groups is 1. The molecule has 2 N–H and O–H groups in total. The lowest BCUT2D eigenvalue weighted by molar-refractivity contribution is -0.142. The van der Waals surface area contributed by atoms with Gasteiger partial charge in [-0.1, -0.05) is 25.1 Å². The Morgan fingerprint density at radius 2 is 1.88 bits per heavy atom. The van der Waals surface area contributed by atoms with Gasteiger partial charge in [-0.15, -0.1) is 35.7 Å². The SMILES string of the molecule is CN=C(NCCN(C)CC(F)(F)F)NCC(C)Sc1ccccc1.I. The van der Waals surface area contributed by atoms with E-state index < -0.39 is 12.7 Å². The summed E-state index contributed by atoms with van der Waals surface area (Å²) in [6.45, 7) is 2.58. The number of hydrogen-bond donors (Lipinski definition) is 2. The molecule has 0 aromatic heterocycles. The number of alkyl halides is 3. The van der Waals surface area contributed by atoms with Crippen LogP contribution >= 0.6 is 35.7 Å². The van der Waals surface area contributed by atoms with E-state index in [-0.39, 0.29) is 30.5 Å². The lowest BCUT2D eigenvalue weighted by atomic mass is 10.4. The lowest BCUT2D eigenvalue weighted by Gasteiger charge is -2.20. The Hall–Kier alpha value is -0.680. The zero-order chi connectivity index (χ0) is 18.0. The fourth-order valence-electron chi connectivity index (χ4n) is 1.98. The van der Waals surface area contributed by atoms with Gasteiger partial charge in [0, 0.05) is 36.8 Å². The first kappa shape index (κ1) is 24.3. The van der Waals surface area contributed by atoms with Gasteiger partial charge in [-0.2, -0.15) is 13.2 Å². The van der Waals surface area contributed by atoms with Crippen molar-refractivity contribution in [3.63, 3.8) is 0 Å². The molecule has 0 saturated carbocycles. The van der Waals surface area contributed by atoms with E-state index in [0.717, 1.165) is 0 Å². The molecule has 0 aliphatic rings. The van der Waals surface area contributed by atoms with Crippen LogP contribution in [0.15, 0.2) is 40.2 Å². The second-order valence-electron chi connectivity index (χ2n) is 5.47. The van der Waals surface area contributed by atoms with Gasteiger partial charge in [0.15, 0.2) is 5.96 Å². The van der Waals surface area contributed by atoms with E-state index in [2.05, 4.69) is 34.7 Å². The van der Waals surface area contributed by atoms with E-state index in [9.17, 15) is 13.2 Å². The summed E-state index contributed by atoms with van der Waals surface area (Å²) in [5, 5.41) is 6.55. The molecule has 4 nitrogen and oxygen atoms in total. The number of likely N-dealkylation sites (N-methyl/N-ethyl adjacent to an activating group) is 1. The molecule has 0 fully saturated rings. The molecule has 0 heterocycles. The van der Waals surface area contributed by atoms with Gasteiger partial charge in [-0.05, 0) is 19.2 Å². The highest BCUT2D eigenvalue weighted by atomic mass is 127. The van der Waals surface area contributed by atoms with E-state index in [1.54, 1.807) is 18.8 Å². The number of nitrogens with one attached hydrogen (secondary N) is 2. The maximum absolute atomic E-state index is 12.2. The van der Waals surface area contributed by atoms with Crippen molar-refractivity contribution in [2.24, 2.45) is 4.99 Å². The largest absolute Gasteiger partial charge is 0.401 e. The minimum absolute atomic E-state index is 0. The second-order valence-corrected chi connectivity index (χ2v) is 6.99. The smallest absolute Gasteiger partial charge is 0.355 e. The Balaban J connectivity index is 0.00000576. The van der Waals surface area contributed by atoms with Crippen LogP contribution in [0.1, 0.15) is 6.92 Å². The Labute approximate surface area is 169 Å². The monoisotopic (exact) mass is 490 g/mol. The number of rotatable bonds is 8. The molecular formula is C16H26F3IN4S. The van der Waals surface area contributed by atoms with E-state index in [0.29, 0.717) is 24.3 Å². The van der Waals surface area contributed by atoms with Gasteiger partial charge in [-0.25, -0.2) is 0 Å². The van der Waals surface area contributed by atoms with Crippen molar-refractivity contribution < 1.29 is 13.2 Å². The lowest BCUT2D eigenvalue weighted by Crippen LogP contribution is -2.43. The summed E-state index contributed by atoms with van der Waals surface area (Å²) >= 11 is 1.75. The molecule has 1 atom stereocenters. The molecule has 0 amide bonds. The van der Waals surface area contributed by atoms with Crippen molar-refractivity contribution in [1.82, 2.24) is 15.5 Å². The molecule has 9 heteroatoms. The summed E-state index contributed by atoms with van der Waals surface area (Å²) < 4.78 is 36.7. The molecule has 144 valence electrons. The van der Waals surface area contributed by atoms with Crippen LogP contribution in [0.4, 0.5) is 13.2 Å². The minimum atomic E-state index is -4.17. The van der Waals surface area contributed by atoms with Gasteiger partial charge in [0.1, 0.15) is 0 Å². The third kappa shape index (κ3) is 12.3. The summed E-state index contributed by atoms with van der Waals surface area (Å²) in [6, 6.07) is 10.1. The summed E-state index contributed by atoms with van der Waals surface area (Å²) in [5.41, 5.74) is 0. The van der Waals surface area contributed by atoms with Crippen LogP contribution in [0.5, 0.6) is 0 Å². The molecule has 0 radical (unpaired) electrons. The summed E-state index contributed by atoms with van der Waals surface area (Å²) in [5.74, 6) is 0.593. The maximum Gasteiger partial charge on any atom is 0.401 e. The molecule has 0 saturated heterocycles. The van der Waals surface area contributed by atoms with Crippen molar-refractivity contribution in [2.75, 3.05) is 40.3 Å². The normalized spacial score (nSPS) is 13.3. The first-order chi connectivity index (χ1) is 11.3. The van der Waals surface area contributed by atoms with Gasteiger partial charge in [0.25, 0.3) is 0 Å². The highest BCUT2D eigenvalue weighted by Gasteiger charge is 2.28. The fourth-order valence-corrected chi connectivity index (χ4v) is 2.93. The standard InChI is InChI=1S/C16H25F3N4S.HI/c1-13(24-14-7-5-4-6-8-14)11-22-15(20-2)21-9-10-23(3)12-16(17,18)19;/h4-8,13H,9-12H2,1-3H3,(H2,20,21,22);1H. The molecular weight excluding hydrogens is 464 g/mol. The van der Waals surface area contributed by atoms with E-state index in [1.807, 2.05) is 18.2 Å². The zero-order valence-corrected chi connectivity index (χ0v) is 17.8. The van der Waals surface area contributed by atoms with Crippen LogP contribution in [-0.4, -0.2) is 62.6 Å². The van der Waals surface area contributed by atoms with Crippen LogP contribution in [0, 0.1) is 0 Å². The molecule has 1 rings (SSSR count). The molecule has 0 spiro atoms. The van der Waals surface area contributed by atoms with Crippen LogP contribution in [0.25, 0.3) is 0 Å². The third-order valence-corrected chi connectivity index (χ3v) is 4.21. The Kier molecular flexibility index (Phi) is 12.3. The summed E-state index contributed by atoms with van der Waals surface area (Å²) in [7, 11) is 3.09. The van der Waals surface area contributed by atoms with E-state index >= 15 is 0 Å². The first-order valence-electron chi connectivity index (χ1n) is 7.71. The van der Waals surface area contributed by atoms with Crippen LogP contribution < -0.4 is 10.6 Å². The predicted octanol–water partition coefficient (Wildman–Crippen LogP) is 3.44. The van der Waals surface area contributed by atoms with Crippen molar-refractivity contribution in [3.8, 4) is 0 Å². The first-order valence-corrected chi connectivity index (χ1v) is 8.59. The zero-order valence-electron chi connectivity index (χ0n) is 14.6. The molecule has 25 heavy (non-hydrogen) atoms. The van der Waals surface area contributed by atoms with Crippen molar-refractivity contribution in [1.29, 1.82) is 0 Å². The molecule has 1 aromatic carbocycles. The van der Waals surface area contributed by atoms with Crippen LogP contribution in [-0.2, 0) is 0 Å². The number of guanidine groups is 1. The number of benzene rings is 1. The number of nitrogens with zero attached hydrogens (tertiary/aromatic N) is 2. The van der Waals surface area contributed by atoms with Gasteiger partial charge >= 0.3 is 6.18 Å². The van der Waals surface area contributed by atoms with Gasteiger partial charge in [0.2, 0.25) is 0 Å². The second kappa shape index (κ2) is 12.6. The average molecular weight is 490 g/mol. The molecule has 0 aliphatic heterocycles. The molecule has 0 aliphatic carbocycles. The Morgan fingerprint density at radius 1 is 1.24 bits per heavy atom. The maximum atomic E-state index is 12.2. The van der Waals surface area contributed by atoms with Crippen molar-refractivity contribution >= 4 is 41.7 Å². The molecule has 1 unspecified atom stereocenters.